The molecule has 1 aromatic rings. The number of nitrogens with one attached hydrogen (secondary N) is 1. The van der Waals surface area contributed by atoms with Gasteiger partial charge in [0, 0.05) is 17.0 Å². The van der Waals surface area contributed by atoms with Crippen LogP contribution in [0.15, 0.2) is 54.2 Å². The van der Waals surface area contributed by atoms with Crippen molar-refractivity contribution in [2.75, 3.05) is 5.32 Å². The van der Waals surface area contributed by atoms with Crippen LogP contribution in [0.2, 0.25) is 0 Å². The van der Waals surface area contributed by atoms with Crippen LogP contribution in [0.1, 0.15) is 49.3 Å². The summed E-state index contributed by atoms with van der Waals surface area (Å²) in [6, 6.07) is 5.09. The fourth-order valence-electron chi connectivity index (χ4n) is 4.88. The van der Waals surface area contributed by atoms with E-state index in [1.165, 1.54) is 29.7 Å². The summed E-state index contributed by atoms with van der Waals surface area (Å²) < 4.78 is 0. The maximum absolute atomic E-state index is 3.71. The summed E-state index contributed by atoms with van der Waals surface area (Å²) in [6.45, 7) is 4.81. The van der Waals surface area contributed by atoms with E-state index in [-0.39, 0.29) is 5.41 Å². The van der Waals surface area contributed by atoms with Gasteiger partial charge < -0.3 is 5.32 Å². The van der Waals surface area contributed by atoms with Gasteiger partial charge in [-0.05, 0) is 46.7 Å². The Bertz CT molecular complexity index is 801. The smallest absolute Gasteiger partial charge is 0.0551 e. The summed E-state index contributed by atoms with van der Waals surface area (Å²) in [5.41, 5.74) is 9.20. The van der Waals surface area contributed by atoms with Gasteiger partial charge in [0.15, 0.2) is 0 Å². The average Bonchev–Trinajstić information content (AvgIpc) is 3.02. The van der Waals surface area contributed by atoms with Crippen LogP contribution in [0.25, 0.3) is 5.57 Å². The molecule has 0 saturated heterocycles. The Balaban J connectivity index is 1.78. The monoisotopic (exact) mass is 287 g/mol. The van der Waals surface area contributed by atoms with Crippen molar-refractivity contribution >= 4 is 11.3 Å². The third-order valence-corrected chi connectivity index (χ3v) is 5.83. The molecule has 2 atom stereocenters. The highest BCUT2D eigenvalue weighted by atomic mass is 15.0. The van der Waals surface area contributed by atoms with Crippen molar-refractivity contribution in [1.82, 2.24) is 0 Å². The summed E-state index contributed by atoms with van der Waals surface area (Å²) in [7, 11) is 0. The third kappa shape index (κ3) is 1.39. The Morgan fingerprint density at radius 2 is 2.00 bits per heavy atom. The molecule has 4 aliphatic rings. The van der Waals surface area contributed by atoms with Crippen molar-refractivity contribution in [2.24, 2.45) is 0 Å². The van der Waals surface area contributed by atoms with Gasteiger partial charge in [0.1, 0.15) is 0 Å². The van der Waals surface area contributed by atoms with Gasteiger partial charge in [0.05, 0.1) is 6.04 Å². The molecule has 1 aliphatic heterocycles. The lowest BCUT2D eigenvalue weighted by molar-refractivity contribution is 0.636. The highest BCUT2D eigenvalue weighted by Crippen LogP contribution is 2.55. The minimum Gasteiger partial charge on any atom is -0.378 e. The first-order chi connectivity index (χ1) is 10.7. The molecule has 0 spiro atoms. The van der Waals surface area contributed by atoms with E-state index in [1.54, 1.807) is 16.7 Å². The van der Waals surface area contributed by atoms with E-state index in [4.69, 9.17) is 0 Å². The summed E-state index contributed by atoms with van der Waals surface area (Å²) in [5, 5.41) is 3.71. The van der Waals surface area contributed by atoms with Crippen LogP contribution in [-0.2, 0) is 5.41 Å². The van der Waals surface area contributed by atoms with Gasteiger partial charge in [-0.1, -0.05) is 56.4 Å². The molecule has 3 aliphatic carbocycles. The zero-order chi connectivity index (χ0) is 14.9. The number of benzene rings is 1. The number of allylic oxidation sites excluding steroid dienone is 6. The molecule has 0 radical (unpaired) electrons. The quantitative estimate of drug-likeness (QED) is 0.701. The van der Waals surface area contributed by atoms with Gasteiger partial charge in [0.25, 0.3) is 0 Å². The van der Waals surface area contributed by atoms with E-state index < -0.39 is 0 Å². The summed E-state index contributed by atoms with van der Waals surface area (Å²) in [6.07, 6.45) is 16.1. The topological polar surface area (TPSA) is 12.0 Å². The lowest BCUT2D eigenvalue weighted by Crippen LogP contribution is -2.21. The van der Waals surface area contributed by atoms with Gasteiger partial charge in [-0.15, -0.1) is 0 Å². The van der Waals surface area contributed by atoms with E-state index in [9.17, 15) is 0 Å². The van der Waals surface area contributed by atoms with E-state index >= 15 is 0 Å². The Morgan fingerprint density at radius 3 is 2.91 bits per heavy atom. The van der Waals surface area contributed by atoms with Crippen molar-refractivity contribution in [3.8, 4) is 0 Å². The minimum atomic E-state index is 0.124. The van der Waals surface area contributed by atoms with Gasteiger partial charge in [-0.2, -0.15) is 0 Å². The summed E-state index contributed by atoms with van der Waals surface area (Å²) >= 11 is 0. The zero-order valence-electron chi connectivity index (χ0n) is 13.2. The Hall–Kier alpha value is -2.02. The first kappa shape index (κ1) is 12.5. The first-order valence-electron chi connectivity index (χ1n) is 8.37. The van der Waals surface area contributed by atoms with Crippen LogP contribution in [0.5, 0.6) is 0 Å². The van der Waals surface area contributed by atoms with Crippen LogP contribution < -0.4 is 5.32 Å². The van der Waals surface area contributed by atoms with Gasteiger partial charge in [-0.25, -0.2) is 0 Å². The Morgan fingerprint density at radius 1 is 1.14 bits per heavy atom. The standard InChI is InChI=1S/C21H21N/c1-21(2)16-9-5-3-7-13(16)14-11-12-18-19(20(14)21)15-8-4-6-10-17(15)22-18/h4-6,8-12,15,17,22H,3,7H2,1-2H3. The van der Waals surface area contributed by atoms with Gasteiger partial charge >= 0.3 is 0 Å². The summed E-state index contributed by atoms with van der Waals surface area (Å²) in [4.78, 5) is 0. The molecule has 2 unspecified atom stereocenters. The molecule has 110 valence electrons. The molecule has 1 heteroatoms. The highest BCUT2D eigenvalue weighted by Gasteiger charge is 2.43. The molecule has 1 N–H and O–H groups in total. The molecule has 0 saturated carbocycles. The molecule has 0 amide bonds. The fourth-order valence-corrected chi connectivity index (χ4v) is 4.88. The van der Waals surface area contributed by atoms with E-state index in [2.05, 4.69) is 67.8 Å². The molecule has 1 aromatic carbocycles. The molecule has 0 fully saturated rings. The molecule has 0 bridgehead atoms. The largest absolute Gasteiger partial charge is 0.378 e. The van der Waals surface area contributed by atoms with Gasteiger partial charge in [-0.3, -0.25) is 0 Å². The Labute approximate surface area is 132 Å². The molecule has 22 heavy (non-hydrogen) atoms. The average molecular weight is 287 g/mol. The molecule has 1 heterocycles. The Kier molecular flexibility index (Phi) is 2.30. The van der Waals surface area contributed by atoms with E-state index in [0.29, 0.717) is 12.0 Å². The van der Waals surface area contributed by atoms with E-state index in [0.717, 1.165) is 0 Å². The SMILES string of the molecule is CC1(C)C2=C(CCC=C2)c2ccc3c(c21)C1C=CC=CC1N3. The number of rotatable bonds is 0. The lowest BCUT2D eigenvalue weighted by atomic mass is 9.75. The molecular weight excluding hydrogens is 266 g/mol. The number of hydrogen-bond donors (Lipinski definition) is 1. The zero-order valence-corrected chi connectivity index (χ0v) is 13.2. The maximum atomic E-state index is 3.71. The van der Waals surface area contributed by atoms with E-state index in [1.807, 2.05) is 0 Å². The van der Waals surface area contributed by atoms with Crippen LogP contribution >= 0.6 is 0 Å². The van der Waals surface area contributed by atoms with Crippen molar-refractivity contribution in [3.05, 3.63) is 70.9 Å². The van der Waals surface area contributed by atoms with Crippen molar-refractivity contribution in [2.45, 2.75) is 44.1 Å². The number of hydrogen-bond acceptors (Lipinski definition) is 1. The predicted octanol–water partition coefficient (Wildman–Crippen LogP) is 5.09. The second kappa shape index (κ2) is 4.04. The number of anilines is 1. The molecule has 5 rings (SSSR count). The van der Waals surface area contributed by atoms with Crippen molar-refractivity contribution < 1.29 is 0 Å². The predicted molar refractivity (Wildman–Crippen MR) is 93.2 cm³/mol. The second-order valence-electron chi connectivity index (χ2n) is 7.37. The maximum Gasteiger partial charge on any atom is 0.0551 e. The minimum absolute atomic E-state index is 0.124. The first-order valence-corrected chi connectivity index (χ1v) is 8.37. The lowest BCUT2D eigenvalue weighted by Gasteiger charge is -2.27. The number of fused-ring (bicyclic) bond motifs is 6. The molecule has 0 aromatic heterocycles. The third-order valence-electron chi connectivity index (χ3n) is 5.83. The van der Waals surface area contributed by atoms with Crippen molar-refractivity contribution in [1.29, 1.82) is 0 Å². The summed E-state index contributed by atoms with van der Waals surface area (Å²) in [5.74, 6) is 0.486. The van der Waals surface area contributed by atoms with Crippen LogP contribution in [0.4, 0.5) is 5.69 Å². The second-order valence-corrected chi connectivity index (χ2v) is 7.37. The van der Waals surface area contributed by atoms with Crippen LogP contribution in [0, 0.1) is 0 Å². The normalized spacial score (nSPS) is 29.0. The van der Waals surface area contributed by atoms with Crippen LogP contribution in [-0.4, -0.2) is 6.04 Å². The molecular formula is C21H21N. The fraction of sp³-hybridized carbons (Fsp3) is 0.333. The van der Waals surface area contributed by atoms with Crippen LogP contribution in [0.3, 0.4) is 0 Å². The molecule has 1 nitrogen and oxygen atoms in total. The van der Waals surface area contributed by atoms with Crippen molar-refractivity contribution in [3.63, 3.8) is 0 Å². The highest BCUT2D eigenvalue weighted by molar-refractivity contribution is 5.87. The van der Waals surface area contributed by atoms with Gasteiger partial charge in [0.2, 0.25) is 0 Å².